The van der Waals surface area contributed by atoms with Crippen LogP contribution in [0.1, 0.15) is 30.7 Å². The molecule has 0 fully saturated rings. The van der Waals surface area contributed by atoms with E-state index >= 15 is 0 Å². The predicted molar refractivity (Wildman–Crippen MR) is 119 cm³/mol. The molecule has 0 saturated carbocycles. The van der Waals surface area contributed by atoms with Crippen LogP contribution in [0.3, 0.4) is 0 Å². The van der Waals surface area contributed by atoms with E-state index in [0.717, 1.165) is 11.6 Å². The maximum atomic E-state index is 13.4. The molecule has 1 aromatic carbocycles. The molecule has 1 amide bonds. The number of benzene rings is 1. The number of rotatable bonds is 9. The van der Waals surface area contributed by atoms with Crippen LogP contribution in [-0.4, -0.2) is 34.8 Å². The van der Waals surface area contributed by atoms with E-state index in [-0.39, 0.29) is 29.9 Å². The Bertz CT molecular complexity index is 1250. The van der Waals surface area contributed by atoms with E-state index in [2.05, 4.69) is 20.5 Å². The summed E-state index contributed by atoms with van der Waals surface area (Å²) in [5.41, 5.74) is 1.04. The minimum atomic E-state index is -0.614. The molecule has 0 aliphatic heterocycles. The van der Waals surface area contributed by atoms with Crippen LogP contribution in [0.15, 0.2) is 46.7 Å². The van der Waals surface area contributed by atoms with Crippen LogP contribution >= 0.6 is 11.6 Å². The van der Waals surface area contributed by atoms with Gasteiger partial charge in [-0.15, -0.1) is 10.2 Å². The van der Waals surface area contributed by atoms with Crippen molar-refractivity contribution in [2.24, 2.45) is 0 Å². The molecule has 1 unspecified atom stereocenters. The lowest BCUT2D eigenvalue weighted by atomic mass is 9.75. The Morgan fingerprint density at radius 1 is 1.26 bits per heavy atom. The second-order valence-corrected chi connectivity index (χ2v) is 8.37. The van der Waals surface area contributed by atoms with E-state index in [9.17, 15) is 9.18 Å². The lowest BCUT2D eigenvalue weighted by Crippen LogP contribution is -2.39. The number of amides is 1. The molecule has 0 bridgehead atoms. The van der Waals surface area contributed by atoms with Crippen LogP contribution in [0.25, 0.3) is 0 Å². The Labute approximate surface area is 199 Å². The van der Waals surface area contributed by atoms with Gasteiger partial charge in [0.25, 0.3) is 11.8 Å². The van der Waals surface area contributed by atoms with Gasteiger partial charge in [-0.1, -0.05) is 11.6 Å². The maximum Gasteiger partial charge on any atom is 0.262 e. The Kier molecular flexibility index (Phi) is 6.69. The van der Waals surface area contributed by atoms with Gasteiger partial charge in [-0.2, -0.15) is 0 Å². The molecule has 11 heteroatoms. The van der Waals surface area contributed by atoms with Crippen LogP contribution in [0.2, 0.25) is 5.02 Å². The van der Waals surface area contributed by atoms with Crippen molar-refractivity contribution in [3.8, 4) is 17.4 Å². The molecule has 0 radical (unpaired) electrons. The molecule has 1 atom stereocenters. The number of aromatic nitrogens is 3. The van der Waals surface area contributed by atoms with Crippen molar-refractivity contribution < 1.29 is 27.8 Å². The summed E-state index contributed by atoms with van der Waals surface area (Å²) >= 11 is 5.63. The summed E-state index contributed by atoms with van der Waals surface area (Å²) in [5.74, 6) is 1.06. The van der Waals surface area contributed by atoms with Crippen molar-refractivity contribution in [3.63, 3.8) is 0 Å². The molecule has 1 N–H and O–H groups in total. The molecule has 0 spiro atoms. The second kappa shape index (κ2) is 9.68. The summed E-state index contributed by atoms with van der Waals surface area (Å²) in [5, 5.41) is 10.9. The molecule has 178 valence electrons. The van der Waals surface area contributed by atoms with Gasteiger partial charge in [-0.25, -0.2) is 9.37 Å². The largest absolute Gasteiger partial charge is 0.484 e. The molecule has 0 saturated heterocycles. The summed E-state index contributed by atoms with van der Waals surface area (Å²) in [6.45, 7) is 3.61. The lowest BCUT2D eigenvalue weighted by Gasteiger charge is -2.33. The number of halogens is 2. The summed E-state index contributed by atoms with van der Waals surface area (Å²) in [6.07, 6.45) is 3.89. The molecule has 34 heavy (non-hydrogen) atoms. The first-order chi connectivity index (χ1) is 16.3. The molecule has 3 aromatic rings. The zero-order chi connectivity index (χ0) is 24.3. The lowest BCUT2D eigenvalue weighted by molar-refractivity contribution is -0.122. The Morgan fingerprint density at radius 2 is 2.06 bits per heavy atom. The van der Waals surface area contributed by atoms with Crippen molar-refractivity contribution in [2.45, 2.75) is 32.3 Å². The van der Waals surface area contributed by atoms with Crippen molar-refractivity contribution >= 4 is 17.5 Å². The zero-order valence-corrected chi connectivity index (χ0v) is 19.5. The summed E-state index contributed by atoms with van der Waals surface area (Å²) in [4.78, 5) is 16.3. The highest BCUT2D eigenvalue weighted by atomic mass is 35.5. The van der Waals surface area contributed by atoms with Gasteiger partial charge in [0.15, 0.2) is 13.2 Å². The van der Waals surface area contributed by atoms with Gasteiger partial charge in [0, 0.05) is 23.7 Å². The van der Waals surface area contributed by atoms with Crippen molar-refractivity contribution in [2.75, 3.05) is 13.7 Å². The molecular weight excluding hydrogens is 467 g/mol. The minimum Gasteiger partial charge on any atom is -0.484 e. The Morgan fingerprint density at radius 3 is 2.76 bits per heavy atom. The third-order valence-corrected chi connectivity index (χ3v) is 5.43. The fourth-order valence-corrected chi connectivity index (χ4v) is 3.53. The van der Waals surface area contributed by atoms with Gasteiger partial charge >= 0.3 is 0 Å². The minimum absolute atomic E-state index is 0.0145. The topological polar surface area (TPSA) is 109 Å². The third-order valence-electron chi connectivity index (χ3n) is 5.13. The van der Waals surface area contributed by atoms with Gasteiger partial charge in [-0.05, 0) is 38.1 Å². The number of nitrogens with zero attached hydrogens (tertiary/aromatic N) is 3. The normalized spacial score (nSPS) is 16.9. The van der Waals surface area contributed by atoms with E-state index in [0.29, 0.717) is 35.5 Å². The number of methoxy groups -OCH3 is 1. The zero-order valence-electron chi connectivity index (χ0n) is 18.7. The van der Waals surface area contributed by atoms with Crippen LogP contribution < -0.4 is 19.5 Å². The monoisotopic (exact) mass is 488 g/mol. The SMILES string of the molecule is COc1ncc(OCc2nnc(C3(C)C=C(NC(=O)COc4ccc(Cl)c(F)c4)C3)o2)cc1C. The van der Waals surface area contributed by atoms with E-state index in [4.69, 9.17) is 30.2 Å². The van der Waals surface area contributed by atoms with Gasteiger partial charge in [0.2, 0.25) is 11.8 Å². The fourth-order valence-electron chi connectivity index (χ4n) is 3.42. The number of carbonyl (C=O) groups is 1. The number of carbonyl (C=O) groups excluding carboxylic acids is 1. The van der Waals surface area contributed by atoms with E-state index in [1.54, 1.807) is 19.4 Å². The van der Waals surface area contributed by atoms with Crippen LogP contribution in [0.4, 0.5) is 4.39 Å². The summed E-state index contributed by atoms with van der Waals surface area (Å²) in [7, 11) is 1.56. The van der Waals surface area contributed by atoms with Crippen LogP contribution in [0, 0.1) is 12.7 Å². The van der Waals surface area contributed by atoms with Crippen LogP contribution in [0.5, 0.6) is 17.4 Å². The number of ether oxygens (including phenoxy) is 3. The fraction of sp³-hybridized carbons (Fsp3) is 0.304. The molecule has 2 aromatic heterocycles. The quantitative estimate of drug-likeness (QED) is 0.483. The smallest absolute Gasteiger partial charge is 0.262 e. The van der Waals surface area contributed by atoms with Crippen LogP contribution in [-0.2, 0) is 16.8 Å². The highest BCUT2D eigenvalue weighted by molar-refractivity contribution is 6.30. The van der Waals surface area contributed by atoms with E-state index in [1.807, 2.05) is 19.9 Å². The van der Waals surface area contributed by atoms with E-state index < -0.39 is 11.2 Å². The first kappa shape index (κ1) is 23.5. The van der Waals surface area contributed by atoms with Crippen molar-refractivity contribution in [3.05, 3.63) is 70.4 Å². The highest BCUT2D eigenvalue weighted by Crippen LogP contribution is 2.39. The van der Waals surface area contributed by atoms with Gasteiger partial charge in [-0.3, -0.25) is 4.79 Å². The standard InChI is InChI=1S/C23H22ClFN4O5/c1-13-6-16(10-26-21(13)31-3)33-12-20-28-29-22(34-20)23(2)8-14(9-23)27-19(30)11-32-15-4-5-17(24)18(25)7-15/h4-8,10H,9,11-12H2,1-3H3,(H,27,30). The number of allylic oxidation sites excluding steroid dienone is 2. The third kappa shape index (κ3) is 5.28. The number of hydrogen-bond acceptors (Lipinski definition) is 8. The number of aryl methyl sites for hydroxylation is 1. The molecule has 9 nitrogen and oxygen atoms in total. The molecule has 1 aliphatic rings. The van der Waals surface area contributed by atoms with E-state index in [1.165, 1.54) is 12.1 Å². The van der Waals surface area contributed by atoms with Gasteiger partial charge in [0.1, 0.15) is 17.3 Å². The molecular formula is C23H22ClFN4O5. The number of hydrogen-bond donors (Lipinski definition) is 1. The average Bonchev–Trinajstić information content (AvgIpc) is 3.27. The average molecular weight is 489 g/mol. The number of nitrogens with one attached hydrogen (secondary N) is 1. The van der Waals surface area contributed by atoms with Gasteiger partial charge < -0.3 is 23.9 Å². The molecule has 1 aliphatic carbocycles. The Hall–Kier alpha value is -3.66. The van der Waals surface area contributed by atoms with Crippen molar-refractivity contribution in [1.29, 1.82) is 0 Å². The van der Waals surface area contributed by atoms with Gasteiger partial charge in [0.05, 0.1) is 23.7 Å². The molecule has 4 rings (SSSR count). The summed E-state index contributed by atoms with van der Waals surface area (Å²) < 4.78 is 35.3. The first-order valence-electron chi connectivity index (χ1n) is 10.3. The van der Waals surface area contributed by atoms with Crippen molar-refractivity contribution in [1.82, 2.24) is 20.5 Å². The first-order valence-corrected chi connectivity index (χ1v) is 10.7. The highest BCUT2D eigenvalue weighted by Gasteiger charge is 2.39. The predicted octanol–water partition coefficient (Wildman–Crippen LogP) is 3.89. The number of pyridine rings is 1. The molecule has 2 heterocycles. The Balaban J connectivity index is 1.28. The summed E-state index contributed by atoms with van der Waals surface area (Å²) in [6, 6.07) is 5.78. The second-order valence-electron chi connectivity index (χ2n) is 7.96. The maximum absolute atomic E-state index is 13.4.